The number of carbonyl (C=O) groups is 1. The van der Waals surface area contributed by atoms with E-state index in [2.05, 4.69) is 5.32 Å². The monoisotopic (exact) mass is 211 g/mol. The number of carbonyl (C=O) groups excluding carboxylic acids is 1. The Bertz CT molecular complexity index is 388. The average Bonchev–Trinajstić information content (AvgIpc) is 2.97. The van der Waals surface area contributed by atoms with Crippen LogP contribution in [0.5, 0.6) is 0 Å². The largest absolute Gasteiger partial charge is 0.323 e. The van der Waals surface area contributed by atoms with E-state index in [9.17, 15) is 13.6 Å². The second-order valence-electron chi connectivity index (χ2n) is 3.80. The lowest BCUT2D eigenvalue weighted by atomic mass is 10.2. The molecule has 15 heavy (non-hydrogen) atoms. The van der Waals surface area contributed by atoms with Crippen LogP contribution in [0, 0.1) is 17.6 Å². The smallest absolute Gasteiger partial charge is 0.224 e. The van der Waals surface area contributed by atoms with Gasteiger partial charge in [0.15, 0.2) is 11.6 Å². The zero-order chi connectivity index (χ0) is 10.8. The van der Waals surface area contributed by atoms with Crippen molar-refractivity contribution in [2.24, 2.45) is 5.92 Å². The lowest BCUT2D eigenvalue weighted by Crippen LogP contribution is -2.13. The van der Waals surface area contributed by atoms with Gasteiger partial charge in [0.05, 0.1) is 5.69 Å². The molecule has 4 heteroatoms. The van der Waals surface area contributed by atoms with Crippen LogP contribution in [-0.4, -0.2) is 5.91 Å². The van der Waals surface area contributed by atoms with Gasteiger partial charge in [0.1, 0.15) is 0 Å². The molecule has 80 valence electrons. The van der Waals surface area contributed by atoms with E-state index in [0.29, 0.717) is 12.3 Å². The topological polar surface area (TPSA) is 29.1 Å². The summed E-state index contributed by atoms with van der Waals surface area (Å²) in [4.78, 5) is 11.3. The molecule has 1 aliphatic carbocycles. The van der Waals surface area contributed by atoms with Gasteiger partial charge in [0, 0.05) is 6.42 Å². The zero-order valence-corrected chi connectivity index (χ0v) is 8.09. The number of amides is 1. The Morgan fingerprint density at radius 2 is 2.13 bits per heavy atom. The zero-order valence-electron chi connectivity index (χ0n) is 8.09. The third-order valence-corrected chi connectivity index (χ3v) is 2.40. The second-order valence-corrected chi connectivity index (χ2v) is 3.80. The summed E-state index contributed by atoms with van der Waals surface area (Å²) < 4.78 is 25.9. The highest BCUT2D eigenvalue weighted by molar-refractivity contribution is 5.91. The molecule has 2 rings (SSSR count). The SMILES string of the molecule is O=C(CC1CC1)Nc1cccc(F)c1F. The van der Waals surface area contributed by atoms with E-state index in [1.165, 1.54) is 12.1 Å². The molecule has 2 nitrogen and oxygen atoms in total. The number of nitrogens with one attached hydrogen (secondary N) is 1. The van der Waals surface area contributed by atoms with E-state index in [0.717, 1.165) is 18.9 Å². The molecule has 0 radical (unpaired) electrons. The van der Waals surface area contributed by atoms with Gasteiger partial charge in [-0.15, -0.1) is 0 Å². The number of rotatable bonds is 3. The average molecular weight is 211 g/mol. The highest BCUT2D eigenvalue weighted by Crippen LogP contribution is 2.32. The molecule has 1 aliphatic rings. The van der Waals surface area contributed by atoms with Crippen LogP contribution in [0.2, 0.25) is 0 Å². The summed E-state index contributed by atoms with van der Waals surface area (Å²) in [7, 11) is 0. The number of anilines is 1. The number of benzene rings is 1. The molecule has 0 saturated heterocycles. The number of hydrogen-bond acceptors (Lipinski definition) is 1. The summed E-state index contributed by atoms with van der Waals surface area (Å²) in [6, 6.07) is 3.74. The molecule has 1 fully saturated rings. The van der Waals surface area contributed by atoms with Crippen LogP contribution >= 0.6 is 0 Å². The molecule has 0 spiro atoms. The fourth-order valence-corrected chi connectivity index (χ4v) is 1.39. The van der Waals surface area contributed by atoms with E-state index in [1.807, 2.05) is 0 Å². The lowest BCUT2D eigenvalue weighted by Gasteiger charge is -2.05. The summed E-state index contributed by atoms with van der Waals surface area (Å²) in [6.45, 7) is 0. The van der Waals surface area contributed by atoms with Crippen molar-refractivity contribution in [2.45, 2.75) is 19.3 Å². The first-order valence-corrected chi connectivity index (χ1v) is 4.90. The van der Waals surface area contributed by atoms with E-state index in [1.54, 1.807) is 0 Å². The van der Waals surface area contributed by atoms with Gasteiger partial charge in [0.2, 0.25) is 5.91 Å². The summed E-state index contributed by atoms with van der Waals surface area (Å²) in [5.74, 6) is -1.76. The van der Waals surface area contributed by atoms with Gasteiger partial charge < -0.3 is 5.32 Å². The van der Waals surface area contributed by atoms with Crippen molar-refractivity contribution in [1.29, 1.82) is 0 Å². The molecule has 1 amide bonds. The number of hydrogen-bond donors (Lipinski definition) is 1. The molecule has 1 saturated carbocycles. The Hall–Kier alpha value is -1.45. The fraction of sp³-hybridized carbons (Fsp3) is 0.364. The van der Waals surface area contributed by atoms with Crippen molar-refractivity contribution in [3.8, 4) is 0 Å². The Kier molecular flexibility index (Phi) is 2.66. The molecule has 0 unspecified atom stereocenters. The molecule has 0 aliphatic heterocycles. The van der Waals surface area contributed by atoms with Crippen LogP contribution in [0.3, 0.4) is 0 Å². The van der Waals surface area contributed by atoms with Gasteiger partial charge >= 0.3 is 0 Å². The standard InChI is InChI=1S/C11H11F2NO/c12-8-2-1-3-9(11(8)13)14-10(15)6-7-4-5-7/h1-3,7H,4-6H2,(H,14,15). The van der Waals surface area contributed by atoms with Crippen LogP contribution in [0.4, 0.5) is 14.5 Å². The number of halogens is 2. The van der Waals surface area contributed by atoms with Gasteiger partial charge in [-0.1, -0.05) is 6.07 Å². The fourth-order valence-electron chi connectivity index (χ4n) is 1.39. The first-order chi connectivity index (χ1) is 7.16. The van der Waals surface area contributed by atoms with Gasteiger partial charge in [-0.05, 0) is 30.9 Å². The molecule has 0 aromatic heterocycles. The predicted octanol–water partition coefficient (Wildman–Crippen LogP) is 2.70. The van der Waals surface area contributed by atoms with Crippen molar-refractivity contribution in [1.82, 2.24) is 0 Å². The van der Waals surface area contributed by atoms with Crippen LogP contribution in [-0.2, 0) is 4.79 Å². The molecular formula is C11H11F2NO. The Morgan fingerprint density at radius 3 is 2.80 bits per heavy atom. The van der Waals surface area contributed by atoms with Crippen molar-refractivity contribution < 1.29 is 13.6 Å². The Morgan fingerprint density at radius 1 is 1.40 bits per heavy atom. The quantitative estimate of drug-likeness (QED) is 0.818. The van der Waals surface area contributed by atoms with E-state index < -0.39 is 11.6 Å². The maximum atomic E-state index is 13.1. The minimum absolute atomic E-state index is 0.0827. The van der Waals surface area contributed by atoms with E-state index >= 15 is 0 Å². The van der Waals surface area contributed by atoms with Gasteiger partial charge in [-0.3, -0.25) is 4.79 Å². The maximum absolute atomic E-state index is 13.1. The predicted molar refractivity (Wildman–Crippen MR) is 52.3 cm³/mol. The molecule has 0 heterocycles. The van der Waals surface area contributed by atoms with Crippen LogP contribution in [0.1, 0.15) is 19.3 Å². The minimum atomic E-state index is -0.998. The molecule has 0 bridgehead atoms. The van der Waals surface area contributed by atoms with Crippen molar-refractivity contribution in [3.63, 3.8) is 0 Å². The van der Waals surface area contributed by atoms with Crippen LogP contribution in [0.15, 0.2) is 18.2 Å². The van der Waals surface area contributed by atoms with E-state index in [-0.39, 0.29) is 11.6 Å². The van der Waals surface area contributed by atoms with Crippen molar-refractivity contribution in [3.05, 3.63) is 29.8 Å². The van der Waals surface area contributed by atoms with Gasteiger partial charge in [-0.2, -0.15) is 0 Å². The Labute approximate surface area is 86.3 Å². The third-order valence-electron chi connectivity index (χ3n) is 2.40. The summed E-state index contributed by atoms with van der Waals surface area (Å²) in [5, 5.41) is 2.37. The highest BCUT2D eigenvalue weighted by atomic mass is 19.2. The molecule has 1 aromatic rings. The van der Waals surface area contributed by atoms with E-state index in [4.69, 9.17) is 0 Å². The molecule has 1 N–H and O–H groups in total. The van der Waals surface area contributed by atoms with Crippen molar-refractivity contribution in [2.75, 3.05) is 5.32 Å². The second kappa shape index (κ2) is 3.96. The van der Waals surface area contributed by atoms with Crippen LogP contribution < -0.4 is 5.32 Å². The third kappa shape index (κ3) is 2.52. The highest BCUT2D eigenvalue weighted by Gasteiger charge is 2.24. The summed E-state index contributed by atoms with van der Waals surface area (Å²) in [6.07, 6.45) is 2.51. The van der Waals surface area contributed by atoms with Crippen molar-refractivity contribution >= 4 is 11.6 Å². The Balaban J connectivity index is 2.02. The molecule has 1 aromatic carbocycles. The first kappa shape index (κ1) is 10.1. The summed E-state index contributed by atoms with van der Waals surface area (Å²) >= 11 is 0. The maximum Gasteiger partial charge on any atom is 0.224 e. The van der Waals surface area contributed by atoms with Gasteiger partial charge in [0.25, 0.3) is 0 Å². The molecule has 0 atom stereocenters. The van der Waals surface area contributed by atoms with Crippen LogP contribution in [0.25, 0.3) is 0 Å². The minimum Gasteiger partial charge on any atom is -0.323 e. The normalized spacial score (nSPS) is 15.1. The molecular weight excluding hydrogens is 200 g/mol. The lowest BCUT2D eigenvalue weighted by molar-refractivity contribution is -0.116. The first-order valence-electron chi connectivity index (χ1n) is 4.90. The van der Waals surface area contributed by atoms with Gasteiger partial charge in [-0.25, -0.2) is 8.78 Å². The summed E-state index contributed by atoms with van der Waals surface area (Å²) in [5.41, 5.74) is -0.0827.